The highest BCUT2D eigenvalue weighted by Crippen LogP contribution is 2.36. The van der Waals surface area contributed by atoms with Gasteiger partial charge in [-0.2, -0.15) is 8.78 Å². The van der Waals surface area contributed by atoms with Gasteiger partial charge in [0.25, 0.3) is 0 Å². The summed E-state index contributed by atoms with van der Waals surface area (Å²) in [6.45, 7) is 0.877. The largest absolute Gasteiger partial charge is 0.493 e. The van der Waals surface area contributed by atoms with Crippen LogP contribution in [0.15, 0.2) is 18.2 Å². The van der Waals surface area contributed by atoms with Crippen molar-refractivity contribution in [2.24, 2.45) is 0 Å². The number of ether oxygens (including phenoxy) is 2. The summed E-state index contributed by atoms with van der Waals surface area (Å²) in [5.74, 6) is 0.449. The number of halogens is 2. The molecule has 3 rings (SSSR count). The van der Waals surface area contributed by atoms with Crippen molar-refractivity contribution in [1.29, 1.82) is 0 Å². The van der Waals surface area contributed by atoms with Crippen LogP contribution in [0.4, 0.5) is 8.78 Å². The number of piperazine rings is 1. The molecule has 1 aromatic carbocycles. The second-order valence-electron chi connectivity index (χ2n) is 6.75. The number of rotatable bonds is 5. The lowest BCUT2D eigenvalue weighted by Crippen LogP contribution is -2.61. The van der Waals surface area contributed by atoms with E-state index in [1.807, 2.05) is 6.07 Å². The number of hydrogen-bond acceptors (Lipinski definition) is 4. The lowest BCUT2D eigenvalue weighted by Gasteiger charge is -2.50. The average Bonchev–Trinajstić information content (AvgIpc) is 2.58. The third kappa shape index (κ3) is 3.81. The predicted octanol–water partition coefficient (Wildman–Crippen LogP) is 3.40. The van der Waals surface area contributed by atoms with Crippen LogP contribution >= 0.6 is 0 Å². The third-order valence-electron chi connectivity index (χ3n) is 5.29. The summed E-state index contributed by atoms with van der Waals surface area (Å²) in [7, 11) is 1.46. The number of benzene rings is 1. The van der Waals surface area contributed by atoms with Crippen LogP contribution in [0, 0.1) is 0 Å². The Hall–Kier alpha value is -1.40. The number of nitrogens with one attached hydrogen (secondary N) is 1. The first-order valence-electron chi connectivity index (χ1n) is 8.70. The first kappa shape index (κ1) is 17.4. The normalized spacial score (nSPS) is 21.2. The zero-order chi connectivity index (χ0) is 17.0. The maximum absolute atomic E-state index is 12.6. The highest BCUT2D eigenvalue weighted by atomic mass is 19.3. The van der Waals surface area contributed by atoms with Crippen LogP contribution in [0.1, 0.15) is 37.7 Å². The molecule has 1 saturated carbocycles. The van der Waals surface area contributed by atoms with Gasteiger partial charge in [-0.3, -0.25) is 4.90 Å². The Balaban J connectivity index is 1.78. The highest BCUT2D eigenvalue weighted by molar-refractivity contribution is 5.43. The van der Waals surface area contributed by atoms with Gasteiger partial charge in [0, 0.05) is 31.7 Å². The molecule has 2 aliphatic rings. The molecule has 0 bridgehead atoms. The van der Waals surface area contributed by atoms with Crippen molar-refractivity contribution in [2.75, 3.05) is 26.7 Å². The van der Waals surface area contributed by atoms with Gasteiger partial charge in [0.1, 0.15) is 0 Å². The first-order chi connectivity index (χ1) is 11.6. The van der Waals surface area contributed by atoms with Gasteiger partial charge >= 0.3 is 6.61 Å². The van der Waals surface area contributed by atoms with Crippen molar-refractivity contribution in [3.8, 4) is 11.5 Å². The fourth-order valence-corrected chi connectivity index (χ4v) is 4.06. The molecule has 1 N–H and O–H groups in total. The summed E-state index contributed by atoms with van der Waals surface area (Å²) in [6, 6.07) is 5.34. The minimum absolute atomic E-state index is 0.109. The van der Waals surface area contributed by atoms with Gasteiger partial charge in [0.05, 0.1) is 7.11 Å². The summed E-state index contributed by atoms with van der Waals surface area (Å²) in [4.78, 5) is 2.52. The van der Waals surface area contributed by atoms with Crippen LogP contribution in [-0.4, -0.2) is 43.8 Å². The molecule has 1 aliphatic carbocycles. The molecule has 2 fully saturated rings. The SMILES string of the molecule is COc1ccc(CN2CCNCC23CCCCC3)cc1OC(F)F. The first-order valence-corrected chi connectivity index (χ1v) is 8.70. The van der Waals surface area contributed by atoms with E-state index in [0.29, 0.717) is 5.75 Å². The Morgan fingerprint density at radius 1 is 1.21 bits per heavy atom. The zero-order valence-electron chi connectivity index (χ0n) is 14.2. The highest BCUT2D eigenvalue weighted by Gasteiger charge is 2.39. The second kappa shape index (κ2) is 7.66. The molecular weight excluding hydrogens is 314 g/mol. The second-order valence-corrected chi connectivity index (χ2v) is 6.75. The van der Waals surface area contributed by atoms with Crippen LogP contribution in [-0.2, 0) is 6.54 Å². The van der Waals surface area contributed by atoms with Gasteiger partial charge in [-0.15, -0.1) is 0 Å². The molecular formula is C18H26F2N2O2. The van der Waals surface area contributed by atoms with Crippen molar-refractivity contribution >= 4 is 0 Å². The van der Waals surface area contributed by atoms with Crippen molar-refractivity contribution in [3.05, 3.63) is 23.8 Å². The zero-order valence-corrected chi connectivity index (χ0v) is 14.2. The maximum atomic E-state index is 12.6. The molecule has 24 heavy (non-hydrogen) atoms. The van der Waals surface area contributed by atoms with Gasteiger partial charge in [0.2, 0.25) is 0 Å². The smallest absolute Gasteiger partial charge is 0.387 e. The summed E-state index contributed by atoms with van der Waals surface area (Å²) in [5.41, 5.74) is 1.19. The number of nitrogens with zero attached hydrogens (tertiary/aromatic N) is 1. The number of methoxy groups -OCH3 is 1. The summed E-state index contributed by atoms with van der Waals surface area (Å²) in [5, 5.41) is 3.53. The molecule has 0 atom stereocenters. The van der Waals surface area contributed by atoms with E-state index in [0.717, 1.165) is 31.7 Å². The summed E-state index contributed by atoms with van der Waals surface area (Å²) < 4.78 is 35.0. The van der Waals surface area contributed by atoms with Gasteiger partial charge in [-0.05, 0) is 30.5 Å². The van der Waals surface area contributed by atoms with E-state index in [2.05, 4.69) is 15.0 Å². The van der Waals surface area contributed by atoms with E-state index in [1.54, 1.807) is 12.1 Å². The van der Waals surface area contributed by atoms with Crippen molar-refractivity contribution < 1.29 is 18.3 Å². The minimum atomic E-state index is -2.85. The topological polar surface area (TPSA) is 33.7 Å². The maximum Gasteiger partial charge on any atom is 0.387 e. The Morgan fingerprint density at radius 3 is 2.71 bits per heavy atom. The number of alkyl halides is 2. The van der Waals surface area contributed by atoms with Gasteiger partial charge < -0.3 is 14.8 Å². The molecule has 0 amide bonds. The lowest BCUT2D eigenvalue weighted by molar-refractivity contribution is -0.0513. The van der Waals surface area contributed by atoms with Crippen molar-refractivity contribution in [3.63, 3.8) is 0 Å². The molecule has 0 radical (unpaired) electrons. The van der Waals surface area contributed by atoms with E-state index >= 15 is 0 Å². The Bertz CT molecular complexity index is 540. The van der Waals surface area contributed by atoms with Gasteiger partial charge in [-0.25, -0.2) is 0 Å². The van der Waals surface area contributed by atoms with E-state index in [4.69, 9.17) is 4.74 Å². The fraction of sp³-hybridized carbons (Fsp3) is 0.667. The molecule has 1 saturated heterocycles. The van der Waals surface area contributed by atoms with E-state index in [1.165, 1.54) is 39.2 Å². The minimum Gasteiger partial charge on any atom is -0.493 e. The molecule has 1 aromatic rings. The van der Waals surface area contributed by atoms with E-state index in [-0.39, 0.29) is 11.3 Å². The molecule has 1 aliphatic heterocycles. The van der Waals surface area contributed by atoms with Gasteiger partial charge in [0.15, 0.2) is 11.5 Å². The molecule has 1 heterocycles. The van der Waals surface area contributed by atoms with Crippen molar-refractivity contribution in [1.82, 2.24) is 10.2 Å². The quantitative estimate of drug-likeness (QED) is 0.891. The Kier molecular flexibility index (Phi) is 5.56. The molecule has 4 nitrogen and oxygen atoms in total. The standard InChI is InChI=1S/C18H26F2N2O2/c1-23-15-6-5-14(11-16(15)24-17(19)20)12-22-10-9-21-13-18(22)7-3-2-4-8-18/h5-6,11,17,21H,2-4,7-10,12-13H2,1H3. The lowest BCUT2D eigenvalue weighted by atomic mass is 9.79. The van der Waals surface area contributed by atoms with Gasteiger partial charge in [-0.1, -0.05) is 25.3 Å². The molecule has 6 heteroatoms. The molecule has 134 valence electrons. The molecule has 0 aromatic heterocycles. The predicted molar refractivity (Wildman–Crippen MR) is 88.7 cm³/mol. The average molecular weight is 340 g/mol. The van der Waals surface area contributed by atoms with Crippen LogP contribution < -0.4 is 14.8 Å². The molecule has 1 spiro atoms. The van der Waals surface area contributed by atoms with Crippen LogP contribution in [0.25, 0.3) is 0 Å². The number of hydrogen-bond donors (Lipinski definition) is 1. The summed E-state index contributed by atoms with van der Waals surface area (Å²) >= 11 is 0. The van der Waals surface area contributed by atoms with E-state index < -0.39 is 6.61 Å². The molecule has 0 unspecified atom stereocenters. The fourth-order valence-electron chi connectivity index (χ4n) is 4.06. The van der Waals surface area contributed by atoms with E-state index in [9.17, 15) is 8.78 Å². The van der Waals surface area contributed by atoms with Crippen LogP contribution in [0.3, 0.4) is 0 Å². The van der Waals surface area contributed by atoms with Crippen LogP contribution in [0.2, 0.25) is 0 Å². The summed E-state index contributed by atoms with van der Waals surface area (Å²) in [6.07, 6.45) is 6.25. The van der Waals surface area contributed by atoms with Crippen LogP contribution in [0.5, 0.6) is 11.5 Å². The monoisotopic (exact) mass is 340 g/mol. The third-order valence-corrected chi connectivity index (χ3v) is 5.29. The van der Waals surface area contributed by atoms with Crippen molar-refractivity contribution in [2.45, 2.75) is 50.8 Å². The Labute approximate surface area is 142 Å². The Morgan fingerprint density at radius 2 is 2.00 bits per heavy atom.